The summed E-state index contributed by atoms with van der Waals surface area (Å²) < 4.78 is 27.5. The van der Waals surface area contributed by atoms with Crippen LogP contribution >= 0.6 is 0 Å². The van der Waals surface area contributed by atoms with Crippen LogP contribution in [0.2, 0.25) is 0 Å². The zero-order chi connectivity index (χ0) is 10.3. The van der Waals surface area contributed by atoms with Crippen molar-refractivity contribution in [3.63, 3.8) is 0 Å². The molecule has 0 aromatic carbocycles. The molecule has 0 aromatic heterocycles. The third-order valence-electron chi connectivity index (χ3n) is 2.31. The van der Waals surface area contributed by atoms with Crippen LogP contribution in [0.4, 0.5) is 0 Å². The van der Waals surface area contributed by atoms with Crippen molar-refractivity contribution in [3.05, 3.63) is 12.7 Å². The van der Waals surface area contributed by atoms with Crippen molar-refractivity contribution >= 4 is 10.1 Å². The van der Waals surface area contributed by atoms with Crippen LogP contribution in [-0.2, 0) is 14.3 Å². The lowest BCUT2D eigenvalue weighted by Gasteiger charge is -2.18. The Kier molecular flexibility index (Phi) is 2.33. The van der Waals surface area contributed by atoms with Crippen molar-refractivity contribution in [1.82, 2.24) is 0 Å². The first-order chi connectivity index (χ1) is 5.72. The van der Waals surface area contributed by atoms with E-state index in [1.165, 1.54) is 0 Å². The number of rotatable bonds is 2. The van der Waals surface area contributed by atoms with Crippen molar-refractivity contribution < 1.29 is 12.6 Å². The van der Waals surface area contributed by atoms with E-state index < -0.39 is 20.5 Å². The smallest absolute Gasteiger partial charge is 0.264 e. The van der Waals surface area contributed by atoms with E-state index in [1.807, 2.05) is 0 Å². The molecule has 0 radical (unpaired) electrons. The van der Waals surface area contributed by atoms with E-state index >= 15 is 0 Å². The van der Waals surface area contributed by atoms with E-state index in [1.54, 1.807) is 26.8 Å². The summed E-state index contributed by atoms with van der Waals surface area (Å²) in [5, 5.41) is 0. The van der Waals surface area contributed by atoms with Crippen LogP contribution in [-0.4, -0.2) is 18.8 Å². The number of hydrogen-bond donors (Lipinski definition) is 0. The molecule has 1 fully saturated rings. The summed E-state index contributed by atoms with van der Waals surface area (Å²) in [5.74, 6) is 0. The van der Waals surface area contributed by atoms with Crippen LogP contribution in [0.1, 0.15) is 33.6 Å². The van der Waals surface area contributed by atoms with Gasteiger partial charge in [-0.1, -0.05) is 6.08 Å². The lowest BCUT2D eigenvalue weighted by molar-refractivity contribution is 0.137. The minimum atomic E-state index is -3.43. The Labute approximate surface area is 79.9 Å². The molecule has 0 aliphatic carbocycles. The Balaban J connectivity index is 3.07. The number of hydrogen-bond acceptors (Lipinski definition) is 3. The Hall–Kier alpha value is -0.350. The fourth-order valence-corrected chi connectivity index (χ4v) is 3.60. The first kappa shape index (κ1) is 10.7. The molecule has 0 spiro atoms. The van der Waals surface area contributed by atoms with E-state index in [0.29, 0.717) is 12.8 Å². The summed E-state index contributed by atoms with van der Waals surface area (Å²) >= 11 is 0. The van der Waals surface area contributed by atoms with Gasteiger partial charge in [0, 0.05) is 0 Å². The molecular weight excluding hydrogens is 188 g/mol. The van der Waals surface area contributed by atoms with Gasteiger partial charge in [-0.25, -0.2) is 0 Å². The second-order valence-corrected chi connectivity index (χ2v) is 6.48. The molecular formula is C9H16O3S. The third kappa shape index (κ3) is 1.79. The van der Waals surface area contributed by atoms with E-state index in [2.05, 4.69) is 6.58 Å². The summed E-state index contributed by atoms with van der Waals surface area (Å²) in [6.45, 7) is 8.85. The largest absolute Gasteiger partial charge is 0.273 e. The van der Waals surface area contributed by atoms with Crippen LogP contribution in [0.25, 0.3) is 0 Å². The molecule has 1 unspecified atom stereocenters. The van der Waals surface area contributed by atoms with Crippen molar-refractivity contribution in [3.8, 4) is 0 Å². The van der Waals surface area contributed by atoms with Gasteiger partial charge in [0.25, 0.3) is 10.1 Å². The third-order valence-corrected chi connectivity index (χ3v) is 4.50. The highest BCUT2D eigenvalue weighted by molar-refractivity contribution is 7.88. The average molecular weight is 204 g/mol. The van der Waals surface area contributed by atoms with Gasteiger partial charge in [-0.3, -0.25) is 4.18 Å². The monoisotopic (exact) mass is 204 g/mol. The van der Waals surface area contributed by atoms with Gasteiger partial charge in [0.15, 0.2) is 0 Å². The average Bonchev–Trinajstić information content (AvgIpc) is 1.96. The van der Waals surface area contributed by atoms with Crippen molar-refractivity contribution in [2.75, 3.05) is 0 Å². The van der Waals surface area contributed by atoms with Crippen molar-refractivity contribution in [2.24, 2.45) is 0 Å². The highest BCUT2D eigenvalue weighted by atomic mass is 32.2. The summed E-state index contributed by atoms with van der Waals surface area (Å²) in [4.78, 5) is 0. The molecule has 1 aliphatic heterocycles. The predicted octanol–water partition coefficient (Wildman–Crippen LogP) is 1.85. The van der Waals surface area contributed by atoms with Crippen molar-refractivity contribution in [2.45, 2.75) is 44.0 Å². The normalized spacial score (nSPS) is 35.9. The van der Waals surface area contributed by atoms with Gasteiger partial charge >= 0.3 is 0 Å². The van der Waals surface area contributed by atoms with Crippen molar-refractivity contribution in [1.29, 1.82) is 0 Å². The van der Waals surface area contributed by atoms with Gasteiger partial charge in [0.2, 0.25) is 0 Å². The van der Waals surface area contributed by atoms with E-state index in [9.17, 15) is 8.42 Å². The van der Waals surface area contributed by atoms with Gasteiger partial charge in [-0.15, -0.1) is 6.58 Å². The maximum atomic E-state index is 11.6. The van der Waals surface area contributed by atoms with Crippen LogP contribution in [0.3, 0.4) is 0 Å². The summed E-state index contributed by atoms with van der Waals surface area (Å²) in [7, 11) is -3.43. The molecule has 4 heteroatoms. The molecule has 0 bridgehead atoms. The maximum absolute atomic E-state index is 11.6. The zero-order valence-corrected chi connectivity index (χ0v) is 9.15. The molecule has 1 atom stereocenters. The van der Waals surface area contributed by atoms with Gasteiger partial charge in [-0.2, -0.15) is 8.42 Å². The Morgan fingerprint density at radius 3 is 2.31 bits per heavy atom. The molecule has 1 saturated heterocycles. The minimum Gasteiger partial charge on any atom is -0.264 e. The van der Waals surface area contributed by atoms with Gasteiger partial charge in [0.1, 0.15) is 4.75 Å². The molecule has 0 saturated carbocycles. The quantitative estimate of drug-likeness (QED) is 0.509. The Morgan fingerprint density at radius 2 is 2.00 bits per heavy atom. The summed E-state index contributed by atoms with van der Waals surface area (Å²) in [5.41, 5.74) is -0.573. The highest BCUT2D eigenvalue weighted by Crippen LogP contribution is 2.42. The maximum Gasteiger partial charge on any atom is 0.273 e. The minimum absolute atomic E-state index is 0.443. The van der Waals surface area contributed by atoms with Gasteiger partial charge in [-0.05, 0) is 33.6 Å². The molecule has 0 aromatic rings. The molecule has 76 valence electrons. The van der Waals surface area contributed by atoms with Gasteiger partial charge < -0.3 is 0 Å². The van der Waals surface area contributed by atoms with Crippen LogP contribution in [0.5, 0.6) is 0 Å². The van der Waals surface area contributed by atoms with Crippen LogP contribution < -0.4 is 0 Å². The molecule has 3 nitrogen and oxygen atoms in total. The second kappa shape index (κ2) is 2.82. The van der Waals surface area contributed by atoms with Crippen LogP contribution in [0, 0.1) is 0 Å². The SMILES string of the molecule is C=CCC1(C)CC(C)(C)OS1(=O)=O. The topological polar surface area (TPSA) is 43.4 Å². The van der Waals surface area contributed by atoms with E-state index in [4.69, 9.17) is 4.18 Å². The standard InChI is InChI=1S/C9H16O3S/c1-5-6-9(4)7-8(2,3)12-13(9,10)11/h5H,1,6-7H2,2-4H3. The highest BCUT2D eigenvalue weighted by Gasteiger charge is 2.52. The Bertz CT molecular complexity index is 316. The fraction of sp³-hybridized carbons (Fsp3) is 0.778. The summed E-state index contributed by atoms with van der Waals surface area (Å²) in [6, 6.07) is 0. The molecule has 0 amide bonds. The molecule has 0 N–H and O–H groups in total. The van der Waals surface area contributed by atoms with E-state index in [-0.39, 0.29) is 0 Å². The summed E-state index contributed by atoms with van der Waals surface area (Å²) in [6.07, 6.45) is 2.59. The lowest BCUT2D eigenvalue weighted by Crippen LogP contribution is -2.29. The first-order valence-corrected chi connectivity index (χ1v) is 5.69. The van der Waals surface area contributed by atoms with Crippen LogP contribution in [0.15, 0.2) is 12.7 Å². The Morgan fingerprint density at radius 1 is 1.46 bits per heavy atom. The van der Waals surface area contributed by atoms with Gasteiger partial charge in [0.05, 0.1) is 5.60 Å². The molecule has 1 rings (SSSR count). The van der Waals surface area contributed by atoms with E-state index in [0.717, 1.165) is 0 Å². The zero-order valence-electron chi connectivity index (χ0n) is 8.33. The number of allylic oxidation sites excluding steroid dienone is 1. The lowest BCUT2D eigenvalue weighted by atomic mass is 9.92. The first-order valence-electron chi connectivity index (χ1n) is 4.29. The molecule has 13 heavy (non-hydrogen) atoms. The molecule has 1 aliphatic rings. The molecule has 1 heterocycles. The second-order valence-electron chi connectivity index (χ2n) is 4.42. The predicted molar refractivity (Wildman–Crippen MR) is 51.9 cm³/mol. The fourth-order valence-electron chi connectivity index (χ4n) is 1.90.